The lowest BCUT2D eigenvalue weighted by Crippen LogP contribution is -2.41. The highest BCUT2D eigenvalue weighted by molar-refractivity contribution is 7.98. The molecule has 0 spiro atoms. The monoisotopic (exact) mass is 287 g/mol. The first kappa shape index (κ1) is 16.3. The Balaban J connectivity index is 2.65. The average Bonchev–Trinajstić information content (AvgIpc) is 2.36. The van der Waals surface area contributed by atoms with E-state index in [0.717, 1.165) is 0 Å². The molecule has 108 valence electrons. The molecule has 0 heterocycles. The van der Waals surface area contributed by atoms with Crippen LogP contribution >= 0.6 is 11.8 Å². The number of thioether (sulfide) groups is 1. The lowest BCUT2D eigenvalue weighted by atomic mass is 10.1. The molecule has 0 fully saturated rings. The van der Waals surface area contributed by atoms with Crippen molar-refractivity contribution in [2.45, 2.75) is 25.5 Å². The fourth-order valence-corrected chi connectivity index (χ4v) is 2.55. The highest BCUT2D eigenvalue weighted by atomic mass is 32.2. The SMILES string of the molecule is COc1ccc(C(C)NCC(C)(O)CSC)c(F)c1. The first-order valence-electron chi connectivity index (χ1n) is 6.18. The van der Waals surface area contributed by atoms with Gasteiger partial charge in [-0.1, -0.05) is 6.07 Å². The van der Waals surface area contributed by atoms with Gasteiger partial charge >= 0.3 is 0 Å². The van der Waals surface area contributed by atoms with Gasteiger partial charge in [0.1, 0.15) is 11.6 Å². The zero-order valence-electron chi connectivity index (χ0n) is 11.9. The third-order valence-corrected chi connectivity index (χ3v) is 3.83. The molecule has 0 aliphatic carbocycles. The number of hydrogen-bond donors (Lipinski definition) is 2. The van der Waals surface area contributed by atoms with Crippen LogP contribution in [0.2, 0.25) is 0 Å². The summed E-state index contributed by atoms with van der Waals surface area (Å²) in [5.74, 6) is 0.837. The summed E-state index contributed by atoms with van der Waals surface area (Å²) in [5, 5.41) is 13.2. The number of nitrogens with one attached hydrogen (secondary N) is 1. The number of benzene rings is 1. The predicted octanol–water partition coefficient (Wildman–Crippen LogP) is 2.60. The average molecular weight is 287 g/mol. The molecular formula is C14H22FNO2S. The van der Waals surface area contributed by atoms with E-state index in [-0.39, 0.29) is 11.9 Å². The second-order valence-electron chi connectivity index (χ2n) is 4.92. The van der Waals surface area contributed by atoms with Crippen molar-refractivity contribution in [3.8, 4) is 5.75 Å². The summed E-state index contributed by atoms with van der Waals surface area (Å²) >= 11 is 1.58. The quantitative estimate of drug-likeness (QED) is 0.809. The highest BCUT2D eigenvalue weighted by Gasteiger charge is 2.21. The largest absolute Gasteiger partial charge is 0.497 e. The van der Waals surface area contributed by atoms with Crippen molar-refractivity contribution in [3.05, 3.63) is 29.6 Å². The standard InChI is InChI=1S/C14H22FNO2S/c1-10(16-8-14(2,17)9-19-4)12-6-5-11(18-3)7-13(12)15/h5-7,10,16-17H,8-9H2,1-4H3. The molecule has 3 nitrogen and oxygen atoms in total. The summed E-state index contributed by atoms with van der Waals surface area (Å²) in [4.78, 5) is 0. The van der Waals surface area contributed by atoms with Gasteiger partial charge in [0, 0.05) is 30.0 Å². The maximum Gasteiger partial charge on any atom is 0.131 e. The molecule has 2 unspecified atom stereocenters. The molecule has 0 saturated heterocycles. The normalized spacial score (nSPS) is 15.9. The topological polar surface area (TPSA) is 41.5 Å². The van der Waals surface area contributed by atoms with E-state index in [2.05, 4.69) is 5.32 Å². The van der Waals surface area contributed by atoms with E-state index in [1.54, 1.807) is 30.8 Å². The van der Waals surface area contributed by atoms with Crippen LogP contribution in [0.3, 0.4) is 0 Å². The van der Waals surface area contributed by atoms with Crippen LogP contribution in [-0.2, 0) is 0 Å². The molecule has 0 aliphatic rings. The van der Waals surface area contributed by atoms with Crippen molar-refractivity contribution >= 4 is 11.8 Å². The molecule has 1 aromatic carbocycles. The first-order chi connectivity index (χ1) is 8.89. The van der Waals surface area contributed by atoms with E-state index in [1.807, 2.05) is 13.2 Å². The Morgan fingerprint density at radius 2 is 2.21 bits per heavy atom. The predicted molar refractivity (Wildman–Crippen MR) is 78.4 cm³/mol. The number of methoxy groups -OCH3 is 1. The fraction of sp³-hybridized carbons (Fsp3) is 0.571. The minimum absolute atomic E-state index is 0.167. The van der Waals surface area contributed by atoms with Gasteiger partial charge in [-0.05, 0) is 26.2 Å². The van der Waals surface area contributed by atoms with Gasteiger partial charge in [0.25, 0.3) is 0 Å². The molecule has 1 aromatic rings. The van der Waals surface area contributed by atoms with Gasteiger partial charge in [-0.2, -0.15) is 11.8 Å². The van der Waals surface area contributed by atoms with Crippen molar-refractivity contribution in [1.82, 2.24) is 5.32 Å². The Hall–Kier alpha value is -0.780. The Morgan fingerprint density at radius 3 is 2.74 bits per heavy atom. The Bertz CT molecular complexity index is 412. The summed E-state index contributed by atoms with van der Waals surface area (Å²) < 4.78 is 18.8. The summed E-state index contributed by atoms with van der Waals surface area (Å²) in [7, 11) is 1.51. The lowest BCUT2D eigenvalue weighted by molar-refractivity contribution is 0.0819. The molecule has 0 amide bonds. The smallest absolute Gasteiger partial charge is 0.131 e. The maximum absolute atomic E-state index is 13.9. The molecule has 0 saturated carbocycles. The van der Waals surface area contributed by atoms with Crippen LogP contribution < -0.4 is 10.1 Å². The zero-order valence-corrected chi connectivity index (χ0v) is 12.7. The second kappa shape index (κ2) is 7.12. The molecule has 2 N–H and O–H groups in total. The van der Waals surface area contributed by atoms with Crippen molar-refractivity contribution < 1.29 is 14.2 Å². The van der Waals surface area contributed by atoms with Crippen LogP contribution in [0, 0.1) is 5.82 Å². The lowest BCUT2D eigenvalue weighted by Gasteiger charge is -2.25. The molecule has 1 rings (SSSR count). The summed E-state index contributed by atoms with van der Waals surface area (Å²) in [5.41, 5.74) is -0.225. The third-order valence-electron chi connectivity index (χ3n) is 2.92. The van der Waals surface area contributed by atoms with E-state index in [1.165, 1.54) is 13.2 Å². The number of halogens is 1. The van der Waals surface area contributed by atoms with Crippen LogP contribution in [0.1, 0.15) is 25.5 Å². The maximum atomic E-state index is 13.9. The van der Waals surface area contributed by atoms with Crippen molar-refractivity contribution in [2.75, 3.05) is 25.7 Å². The van der Waals surface area contributed by atoms with Crippen LogP contribution in [0.5, 0.6) is 5.75 Å². The Labute approximate surface area is 118 Å². The van der Waals surface area contributed by atoms with E-state index >= 15 is 0 Å². The highest BCUT2D eigenvalue weighted by Crippen LogP contribution is 2.22. The van der Waals surface area contributed by atoms with Crippen LogP contribution in [0.15, 0.2) is 18.2 Å². The van der Waals surface area contributed by atoms with Gasteiger partial charge in [-0.15, -0.1) is 0 Å². The zero-order chi connectivity index (χ0) is 14.5. The van der Waals surface area contributed by atoms with Gasteiger partial charge in [0.05, 0.1) is 12.7 Å². The molecular weight excluding hydrogens is 265 g/mol. The molecule has 19 heavy (non-hydrogen) atoms. The van der Waals surface area contributed by atoms with Crippen molar-refractivity contribution in [1.29, 1.82) is 0 Å². The third kappa shape index (κ3) is 5.01. The van der Waals surface area contributed by atoms with Crippen molar-refractivity contribution in [2.24, 2.45) is 0 Å². The molecule has 0 radical (unpaired) electrons. The van der Waals surface area contributed by atoms with E-state index < -0.39 is 5.60 Å². The molecule has 0 aromatic heterocycles. The van der Waals surface area contributed by atoms with Crippen molar-refractivity contribution in [3.63, 3.8) is 0 Å². The van der Waals surface area contributed by atoms with Gasteiger partial charge < -0.3 is 15.2 Å². The minimum Gasteiger partial charge on any atom is -0.497 e. The fourth-order valence-electron chi connectivity index (χ4n) is 1.83. The van der Waals surface area contributed by atoms with Gasteiger partial charge in [-0.25, -0.2) is 4.39 Å². The molecule has 0 bridgehead atoms. The van der Waals surface area contributed by atoms with Gasteiger partial charge in [-0.3, -0.25) is 0 Å². The minimum atomic E-state index is -0.795. The van der Waals surface area contributed by atoms with E-state index in [4.69, 9.17) is 4.74 Å². The van der Waals surface area contributed by atoms with E-state index in [9.17, 15) is 9.50 Å². The Kier molecular flexibility index (Phi) is 6.10. The molecule has 0 aliphatic heterocycles. The number of hydrogen-bond acceptors (Lipinski definition) is 4. The van der Waals surface area contributed by atoms with Crippen LogP contribution in [0.25, 0.3) is 0 Å². The van der Waals surface area contributed by atoms with Crippen LogP contribution in [-0.4, -0.2) is 36.4 Å². The number of ether oxygens (including phenoxy) is 1. The Morgan fingerprint density at radius 1 is 1.53 bits per heavy atom. The number of aliphatic hydroxyl groups is 1. The molecule has 2 atom stereocenters. The molecule has 5 heteroatoms. The van der Waals surface area contributed by atoms with Crippen LogP contribution in [0.4, 0.5) is 4.39 Å². The summed E-state index contributed by atoms with van der Waals surface area (Å²) in [6, 6.07) is 4.64. The first-order valence-corrected chi connectivity index (χ1v) is 7.57. The van der Waals surface area contributed by atoms with Gasteiger partial charge in [0.15, 0.2) is 0 Å². The van der Waals surface area contributed by atoms with Gasteiger partial charge in [0.2, 0.25) is 0 Å². The van der Waals surface area contributed by atoms with E-state index in [0.29, 0.717) is 23.6 Å². The summed E-state index contributed by atoms with van der Waals surface area (Å²) in [6.07, 6.45) is 1.95. The second-order valence-corrected chi connectivity index (χ2v) is 5.79. The number of rotatable bonds is 7. The summed E-state index contributed by atoms with van der Waals surface area (Å²) in [6.45, 7) is 4.06.